The number of aryl methyl sites for hydroxylation is 1. The number of nitrogen functional groups attached to an aromatic ring is 1. The lowest BCUT2D eigenvalue weighted by atomic mass is 10.1. The number of hydrogen-bond donors (Lipinski definition) is 1. The lowest BCUT2D eigenvalue weighted by molar-refractivity contribution is -0.142. The number of anilines is 1. The lowest BCUT2D eigenvalue weighted by Gasteiger charge is -2.12. The van der Waals surface area contributed by atoms with Crippen molar-refractivity contribution in [1.82, 2.24) is 9.80 Å². The Morgan fingerprint density at radius 2 is 1.89 bits per heavy atom. The summed E-state index contributed by atoms with van der Waals surface area (Å²) in [6, 6.07) is 6.88. The van der Waals surface area contributed by atoms with Gasteiger partial charge in [-0.25, -0.2) is 4.79 Å². The third-order valence-corrected chi connectivity index (χ3v) is 3.05. The molecule has 6 heteroatoms. The summed E-state index contributed by atoms with van der Waals surface area (Å²) in [5, 5.41) is 0. The molecule has 0 radical (unpaired) electrons. The van der Waals surface area contributed by atoms with E-state index in [2.05, 4.69) is 0 Å². The topological polar surface area (TPSA) is 83.7 Å². The summed E-state index contributed by atoms with van der Waals surface area (Å²) in [6.45, 7) is 0.239. The van der Waals surface area contributed by atoms with Crippen molar-refractivity contribution < 1.29 is 14.4 Å². The van der Waals surface area contributed by atoms with Crippen molar-refractivity contribution in [2.45, 2.75) is 12.8 Å². The normalized spacial score (nSPS) is 15.5. The fourth-order valence-corrected chi connectivity index (χ4v) is 2.00. The molecule has 0 aromatic heterocycles. The van der Waals surface area contributed by atoms with Crippen LogP contribution in [0.25, 0.3) is 0 Å². The maximum Gasteiger partial charge on any atom is 0.333 e. The van der Waals surface area contributed by atoms with E-state index in [0.717, 1.165) is 15.4 Å². The Morgan fingerprint density at radius 1 is 1.16 bits per heavy atom. The number of imide groups is 2. The molecule has 1 fully saturated rings. The highest BCUT2D eigenvalue weighted by molar-refractivity contribution is 6.44. The second-order valence-corrected chi connectivity index (χ2v) is 4.45. The van der Waals surface area contributed by atoms with E-state index in [0.29, 0.717) is 18.5 Å². The van der Waals surface area contributed by atoms with Gasteiger partial charge in [-0.05, 0) is 30.5 Å². The molecular formula is C13H15N3O3. The zero-order chi connectivity index (χ0) is 14.0. The highest BCUT2D eigenvalue weighted by atomic mass is 16.2. The van der Waals surface area contributed by atoms with Gasteiger partial charge in [0, 0.05) is 19.3 Å². The molecule has 19 heavy (non-hydrogen) atoms. The summed E-state index contributed by atoms with van der Waals surface area (Å²) in [7, 11) is 1.31. The first kappa shape index (κ1) is 13.1. The van der Waals surface area contributed by atoms with Crippen LogP contribution in [0.15, 0.2) is 24.3 Å². The van der Waals surface area contributed by atoms with E-state index in [4.69, 9.17) is 5.73 Å². The van der Waals surface area contributed by atoms with Crippen LogP contribution in [0, 0.1) is 0 Å². The van der Waals surface area contributed by atoms with Crippen LogP contribution >= 0.6 is 0 Å². The van der Waals surface area contributed by atoms with Crippen LogP contribution in [-0.4, -0.2) is 41.2 Å². The molecule has 1 aromatic rings. The Bertz CT molecular complexity index is 542. The molecule has 100 valence electrons. The van der Waals surface area contributed by atoms with E-state index in [-0.39, 0.29) is 6.54 Å². The number of rotatable bonds is 4. The van der Waals surface area contributed by atoms with Gasteiger partial charge in [0.05, 0.1) is 0 Å². The standard InChI is InChI=1S/C13H15N3O3/c1-15-11(17)12(18)16(13(15)19)7-3-5-9-4-2-6-10(14)8-9/h2,4,6,8H,3,5,7,14H2,1H3. The van der Waals surface area contributed by atoms with Gasteiger partial charge >= 0.3 is 17.8 Å². The van der Waals surface area contributed by atoms with Gasteiger partial charge in [0.15, 0.2) is 0 Å². The molecule has 0 unspecified atom stereocenters. The summed E-state index contributed by atoms with van der Waals surface area (Å²) in [5.41, 5.74) is 7.38. The van der Waals surface area contributed by atoms with Crippen LogP contribution in [0.4, 0.5) is 10.5 Å². The van der Waals surface area contributed by atoms with Gasteiger partial charge in [0.25, 0.3) is 0 Å². The number of nitrogens with two attached hydrogens (primary N) is 1. The fraction of sp³-hybridized carbons (Fsp3) is 0.308. The number of amides is 4. The average molecular weight is 261 g/mol. The number of carbonyl (C=O) groups is 3. The number of benzene rings is 1. The molecule has 1 aliphatic rings. The zero-order valence-corrected chi connectivity index (χ0v) is 10.6. The van der Waals surface area contributed by atoms with Crippen molar-refractivity contribution in [2.24, 2.45) is 0 Å². The van der Waals surface area contributed by atoms with Crippen LogP contribution in [0.3, 0.4) is 0 Å². The maximum atomic E-state index is 11.6. The first-order chi connectivity index (χ1) is 9.00. The maximum absolute atomic E-state index is 11.6. The third-order valence-electron chi connectivity index (χ3n) is 3.05. The Kier molecular flexibility index (Phi) is 3.50. The van der Waals surface area contributed by atoms with Gasteiger partial charge in [0.1, 0.15) is 0 Å². The number of urea groups is 1. The van der Waals surface area contributed by atoms with Crippen molar-refractivity contribution in [2.75, 3.05) is 19.3 Å². The van der Waals surface area contributed by atoms with Crippen LogP contribution < -0.4 is 5.73 Å². The first-order valence-electron chi connectivity index (χ1n) is 5.98. The second-order valence-electron chi connectivity index (χ2n) is 4.45. The molecule has 0 atom stereocenters. The molecule has 0 spiro atoms. The Labute approximate surface area is 110 Å². The van der Waals surface area contributed by atoms with Crippen molar-refractivity contribution >= 4 is 23.5 Å². The predicted molar refractivity (Wildman–Crippen MR) is 69.1 cm³/mol. The molecule has 2 rings (SSSR count). The minimum absolute atomic E-state index is 0.239. The van der Waals surface area contributed by atoms with Gasteiger partial charge in [-0.2, -0.15) is 0 Å². The summed E-state index contributed by atoms with van der Waals surface area (Å²) in [5.74, 6) is -1.52. The lowest BCUT2D eigenvalue weighted by Crippen LogP contribution is -2.32. The van der Waals surface area contributed by atoms with E-state index < -0.39 is 17.8 Å². The monoisotopic (exact) mass is 261 g/mol. The van der Waals surface area contributed by atoms with Crippen molar-refractivity contribution in [1.29, 1.82) is 0 Å². The van der Waals surface area contributed by atoms with Crippen LogP contribution in [0.2, 0.25) is 0 Å². The molecule has 0 saturated carbocycles. The fourth-order valence-electron chi connectivity index (χ4n) is 2.00. The quantitative estimate of drug-likeness (QED) is 0.489. The van der Waals surface area contributed by atoms with Gasteiger partial charge in [-0.1, -0.05) is 12.1 Å². The SMILES string of the molecule is CN1C(=O)C(=O)N(CCCc2cccc(N)c2)C1=O. The molecule has 1 heterocycles. The van der Waals surface area contributed by atoms with Crippen molar-refractivity contribution in [3.8, 4) is 0 Å². The van der Waals surface area contributed by atoms with Gasteiger partial charge < -0.3 is 5.73 Å². The predicted octanol–water partition coefficient (Wildman–Crippen LogP) is 0.622. The van der Waals surface area contributed by atoms with E-state index in [1.807, 2.05) is 18.2 Å². The Balaban J connectivity index is 1.91. The van der Waals surface area contributed by atoms with Gasteiger partial charge in [-0.3, -0.25) is 19.4 Å². The summed E-state index contributed by atoms with van der Waals surface area (Å²) < 4.78 is 0. The molecule has 4 amide bonds. The Hall–Kier alpha value is -2.37. The molecule has 0 bridgehead atoms. The number of nitrogens with zero attached hydrogens (tertiary/aromatic N) is 2. The number of likely N-dealkylation sites (N-methyl/N-ethyl adjacent to an activating group) is 1. The molecular weight excluding hydrogens is 246 g/mol. The average Bonchev–Trinajstić information content (AvgIpc) is 2.56. The second kappa shape index (κ2) is 5.09. The molecule has 0 aliphatic carbocycles. The van der Waals surface area contributed by atoms with Crippen LogP contribution in [0.5, 0.6) is 0 Å². The smallest absolute Gasteiger partial charge is 0.333 e. The third kappa shape index (κ3) is 2.57. The van der Waals surface area contributed by atoms with E-state index in [1.165, 1.54) is 7.05 Å². The first-order valence-corrected chi connectivity index (χ1v) is 5.98. The van der Waals surface area contributed by atoms with E-state index in [9.17, 15) is 14.4 Å². The van der Waals surface area contributed by atoms with Crippen LogP contribution in [-0.2, 0) is 16.0 Å². The summed E-state index contributed by atoms with van der Waals surface area (Å²) >= 11 is 0. The highest BCUT2D eigenvalue weighted by Gasteiger charge is 2.41. The summed E-state index contributed by atoms with van der Waals surface area (Å²) in [6.07, 6.45) is 1.29. The Morgan fingerprint density at radius 3 is 2.47 bits per heavy atom. The minimum Gasteiger partial charge on any atom is -0.399 e. The molecule has 6 nitrogen and oxygen atoms in total. The highest BCUT2D eigenvalue weighted by Crippen LogP contribution is 2.13. The largest absolute Gasteiger partial charge is 0.399 e. The minimum atomic E-state index is -0.769. The molecule has 2 N–H and O–H groups in total. The molecule has 1 aromatic carbocycles. The number of carbonyl (C=O) groups excluding carboxylic acids is 3. The van der Waals surface area contributed by atoms with Crippen molar-refractivity contribution in [3.63, 3.8) is 0 Å². The van der Waals surface area contributed by atoms with Crippen molar-refractivity contribution in [3.05, 3.63) is 29.8 Å². The van der Waals surface area contributed by atoms with E-state index >= 15 is 0 Å². The molecule has 1 saturated heterocycles. The van der Waals surface area contributed by atoms with Gasteiger partial charge in [-0.15, -0.1) is 0 Å². The van der Waals surface area contributed by atoms with Crippen LogP contribution in [0.1, 0.15) is 12.0 Å². The van der Waals surface area contributed by atoms with E-state index in [1.54, 1.807) is 6.07 Å². The summed E-state index contributed by atoms with van der Waals surface area (Å²) in [4.78, 5) is 36.2. The number of hydrogen-bond acceptors (Lipinski definition) is 4. The molecule has 1 aliphatic heterocycles. The van der Waals surface area contributed by atoms with Gasteiger partial charge in [0.2, 0.25) is 0 Å². The zero-order valence-electron chi connectivity index (χ0n) is 10.6.